The molecule has 54 heavy (non-hydrogen) atoms. The van der Waals surface area contributed by atoms with Crippen molar-refractivity contribution in [2.45, 2.75) is 128 Å². The highest BCUT2D eigenvalue weighted by Crippen LogP contribution is 2.37. The lowest BCUT2D eigenvalue weighted by atomic mass is 9.88. The molecule has 1 amide bonds. The number of rotatable bonds is 16. The van der Waals surface area contributed by atoms with Crippen molar-refractivity contribution < 1.29 is 47.5 Å². The summed E-state index contributed by atoms with van der Waals surface area (Å²) in [6.45, 7) is 11.7. The molecule has 2 saturated heterocycles. The highest BCUT2D eigenvalue weighted by Gasteiger charge is 2.49. The lowest BCUT2D eigenvalue weighted by molar-refractivity contribution is -0.331. The van der Waals surface area contributed by atoms with Gasteiger partial charge in [0.15, 0.2) is 12.6 Å². The fourth-order valence-corrected chi connectivity index (χ4v) is 7.26. The molecule has 294 valence electrons. The van der Waals surface area contributed by atoms with Crippen LogP contribution in [0.5, 0.6) is 0 Å². The molecule has 14 heteroatoms. The Hall–Kier alpha value is -4.01. The summed E-state index contributed by atoms with van der Waals surface area (Å²) < 4.78 is 50.4. The summed E-state index contributed by atoms with van der Waals surface area (Å²) in [4.78, 5) is 27.6. The van der Waals surface area contributed by atoms with Gasteiger partial charge < -0.3 is 43.2 Å². The molecule has 0 spiro atoms. The lowest BCUT2D eigenvalue weighted by Gasteiger charge is -2.48. The quantitative estimate of drug-likeness (QED) is 0.0636. The van der Waals surface area contributed by atoms with E-state index in [-0.39, 0.29) is 37.8 Å². The first-order chi connectivity index (χ1) is 26.2. The summed E-state index contributed by atoms with van der Waals surface area (Å²) in [7, 11) is 0. The predicted octanol–water partition coefficient (Wildman–Crippen LogP) is 6.77. The van der Waals surface area contributed by atoms with Gasteiger partial charge in [-0.15, -0.1) is 0 Å². The Balaban J connectivity index is 1.42. The van der Waals surface area contributed by atoms with Crippen molar-refractivity contribution in [3.05, 3.63) is 94.9 Å². The molecule has 1 N–H and O–H groups in total. The van der Waals surface area contributed by atoms with E-state index in [1.807, 2.05) is 74.5 Å². The monoisotopic (exact) mass is 750 g/mol. The molecule has 3 fully saturated rings. The topological polar surface area (TPSA) is 169 Å². The van der Waals surface area contributed by atoms with Gasteiger partial charge in [0.2, 0.25) is 0 Å². The van der Waals surface area contributed by atoms with Gasteiger partial charge in [0.05, 0.1) is 55.8 Å². The van der Waals surface area contributed by atoms with E-state index in [4.69, 9.17) is 37.9 Å². The number of amides is 1. The van der Waals surface area contributed by atoms with Crippen LogP contribution >= 0.6 is 0 Å². The second kappa shape index (κ2) is 20.6. The first-order valence-corrected chi connectivity index (χ1v) is 18.8. The van der Waals surface area contributed by atoms with E-state index in [0.717, 1.165) is 11.1 Å². The lowest BCUT2D eigenvalue weighted by Crippen LogP contribution is -2.60. The Morgan fingerprint density at radius 1 is 0.907 bits per heavy atom. The second-order valence-corrected chi connectivity index (χ2v) is 14.3. The fourth-order valence-electron chi connectivity index (χ4n) is 7.26. The van der Waals surface area contributed by atoms with Gasteiger partial charge in [-0.05, 0) is 48.8 Å². The van der Waals surface area contributed by atoms with E-state index in [1.165, 1.54) is 13.0 Å². The Labute approximate surface area is 317 Å². The summed E-state index contributed by atoms with van der Waals surface area (Å²) in [6.07, 6.45) is -2.07. The van der Waals surface area contributed by atoms with Crippen LogP contribution in [0.15, 0.2) is 78.4 Å². The number of alkyl carbamates (subject to hydrolysis) is 1. The molecule has 0 aromatic heterocycles. The number of carbonyl (C=O) groups is 2. The van der Waals surface area contributed by atoms with Gasteiger partial charge in [-0.2, -0.15) is 0 Å². The number of azide groups is 1. The molecule has 5 rings (SSSR count). The maximum absolute atomic E-state index is 12.8. The molecule has 0 radical (unpaired) electrons. The van der Waals surface area contributed by atoms with Crippen LogP contribution in [0.1, 0.15) is 64.5 Å². The normalized spacial score (nSPS) is 32.4. The van der Waals surface area contributed by atoms with Crippen LogP contribution in [-0.4, -0.2) is 86.6 Å². The molecule has 2 heterocycles. The van der Waals surface area contributed by atoms with Gasteiger partial charge in [-0.1, -0.05) is 98.7 Å². The Morgan fingerprint density at radius 3 is 2.20 bits per heavy atom. The largest absolute Gasteiger partial charge is 0.463 e. The highest BCUT2D eigenvalue weighted by atomic mass is 16.7. The molecule has 2 aromatic carbocycles. The summed E-state index contributed by atoms with van der Waals surface area (Å²) in [5, 5.41) is 7.05. The van der Waals surface area contributed by atoms with Crippen LogP contribution in [0.3, 0.4) is 0 Å². The molecular weight excluding hydrogens is 696 g/mol. The predicted molar refractivity (Wildman–Crippen MR) is 198 cm³/mol. The summed E-state index contributed by atoms with van der Waals surface area (Å²) >= 11 is 0. The minimum absolute atomic E-state index is 0.0237. The number of ether oxygens (including phenoxy) is 8. The third-order valence-corrected chi connectivity index (χ3v) is 10.3. The molecule has 12 atom stereocenters. The number of carbonyl (C=O) groups excluding carboxylic acids is 2. The number of hydrogen-bond donors (Lipinski definition) is 1. The van der Waals surface area contributed by atoms with Crippen molar-refractivity contribution in [2.75, 3.05) is 13.2 Å². The molecule has 1 aliphatic carbocycles. The van der Waals surface area contributed by atoms with E-state index < -0.39 is 67.2 Å². The van der Waals surface area contributed by atoms with E-state index in [0.29, 0.717) is 32.3 Å². The number of hydrogen-bond acceptors (Lipinski definition) is 11. The first-order valence-electron chi connectivity index (χ1n) is 18.8. The maximum Gasteiger partial charge on any atom is 0.407 e. The Kier molecular flexibility index (Phi) is 15.7. The molecular formula is C40H54N4O10. The maximum atomic E-state index is 12.8. The average Bonchev–Trinajstić information content (AvgIpc) is 3.16. The molecule has 2 aliphatic heterocycles. The van der Waals surface area contributed by atoms with Crippen molar-refractivity contribution in [3.63, 3.8) is 0 Å². The van der Waals surface area contributed by atoms with Crippen LogP contribution in [0, 0.1) is 11.8 Å². The van der Waals surface area contributed by atoms with Crippen LogP contribution in [0.25, 0.3) is 10.4 Å². The van der Waals surface area contributed by atoms with Crippen LogP contribution in [-0.2, 0) is 55.9 Å². The Bertz CT molecular complexity index is 1530. The smallest absolute Gasteiger partial charge is 0.407 e. The van der Waals surface area contributed by atoms with Gasteiger partial charge in [0.25, 0.3) is 0 Å². The number of nitrogens with zero attached hydrogens (tertiary/aromatic N) is 3. The zero-order valence-electron chi connectivity index (χ0n) is 31.6. The minimum atomic E-state index is -0.982. The van der Waals surface area contributed by atoms with Gasteiger partial charge in [-0.25, -0.2) is 4.79 Å². The van der Waals surface area contributed by atoms with Crippen molar-refractivity contribution in [3.8, 4) is 0 Å². The number of esters is 1. The SMILES string of the molecule is C=CCOC(=O)NC1C(C)C[C@H](COC(C)=O)O[C@H]1O[C@@H]1CCCC(N=[N+]=[N-])[C@H]1O[C@@H]1OC(C)[C@@H](C)[C@H](OCc2ccccc2)C1OCc1ccccc1. The standard InChI is InChI=1S/C40H54N4O10/c1-6-20-47-40(46)42-34-25(2)21-31(24-48-28(5)45)52-38(34)53-33-19-13-18-32(43-44-41)36(33)54-39-37(50-23-30-16-11-8-12-17-30)35(26(3)27(4)51-39)49-22-29-14-9-7-10-15-29/h6-12,14-17,25-27,31-39H,1,13,18-24H2,2-5H3,(H,42,46)/t25?,26-,27?,31-,32?,33-,34?,35+,36-,37?,38+,39+/m1/s1. The van der Waals surface area contributed by atoms with Gasteiger partial charge in [0.1, 0.15) is 19.3 Å². The number of nitrogens with one attached hydrogen (secondary N) is 1. The van der Waals surface area contributed by atoms with E-state index >= 15 is 0 Å². The average molecular weight is 751 g/mol. The van der Waals surface area contributed by atoms with Gasteiger partial charge >= 0.3 is 12.1 Å². The molecule has 3 aliphatic rings. The van der Waals surface area contributed by atoms with Crippen LogP contribution < -0.4 is 5.32 Å². The number of benzene rings is 2. The van der Waals surface area contributed by atoms with Gasteiger partial charge in [0, 0.05) is 17.8 Å². The van der Waals surface area contributed by atoms with E-state index in [9.17, 15) is 15.1 Å². The summed E-state index contributed by atoms with van der Waals surface area (Å²) in [6, 6.07) is 18.6. The highest BCUT2D eigenvalue weighted by molar-refractivity contribution is 5.67. The van der Waals surface area contributed by atoms with Crippen LogP contribution in [0.2, 0.25) is 0 Å². The van der Waals surface area contributed by atoms with Crippen molar-refractivity contribution in [1.82, 2.24) is 5.32 Å². The summed E-state index contributed by atoms with van der Waals surface area (Å²) in [5.41, 5.74) is 11.7. The molecule has 5 unspecified atom stereocenters. The second-order valence-electron chi connectivity index (χ2n) is 14.3. The van der Waals surface area contributed by atoms with Gasteiger partial charge in [-0.3, -0.25) is 4.79 Å². The van der Waals surface area contributed by atoms with Crippen molar-refractivity contribution in [2.24, 2.45) is 17.0 Å². The fraction of sp³-hybridized carbons (Fsp3) is 0.600. The van der Waals surface area contributed by atoms with Crippen molar-refractivity contribution >= 4 is 12.1 Å². The Morgan fingerprint density at radius 2 is 1.57 bits per heavy atom. The molecule has 1 saturated carbocycles. The van der Waals surface area contributed by atoms with E-state index in [1.54, 1.807) is 0 Å². The molecule has 0 bridgehead atoms. The first kappa shape index (κ1) is 41.2. The zero-order chi connectivity index (χ0) is 38.5. The third kappa shape index (κ3) is 11.5. The summed E-state index contributed by atoms with van der Waals surface area (Å²) in [5.74, 6) is -0.639. The third-order valence-electron chi connectivity index (χ3n) is 10.3. The van der Waals surface area contributed by atoms with Crippen molar-refractivity contribution in [1.29, 1.82) is 0 Å². The van der Waals surface area contributed by atoms with E-state index in [2.05, 4.69) is 28.8 Å². The zero-order valence-corrected chi connectivity index (χ0v) is 31.6. The van der Waals surface area contributed by atoms with Crippen LogP contribution in [0.4, 0.5) is 4.79 Å². The molecule has 14 nitrogen and oxygen atoms in total. The minimum Gasteiger partial charge on any atom is -0.463 e. The molecule has 2 aromatic rings.